The van der Waals surface area contributed by atoms with Gasteiger partial charge in [-0.2, -0.15) is 0 Å². The van der Waals surface area contributed by atoms with Gasteiger partial charge in [0.25, 0.3) is 5.91 Å². The Balaban J connectivity index is 1.32. The number of rotatable bonds is 10. The van der Waals surface area contributed by atoms with Gasteiger partial charge in [0, 0.05) is 63.9 Å². The third-order valence-corrected chi connectivity index (χ3v) is 6.53. The number of hydrogen-bond donors (Lipinski definition) is 0. The van der Waals surface area contributed by atoms with E-state index < -0.39 is 0 Å². The van der Waals surface area contributed by atoms with Crippen molar-refractivity contribution in [3.05, 3.63) is 71.9 Å². The van der Waals surface area contributed by atoms with Gasteiger partial charge in [-0.1, -0.05) is 61.5 Å². The highest BCUT2D eigenvalue weighted by Gasteiger charge is 2.25. The zero-order valence-corrected chi connectivity index (χ0v) is 21.9. The highest BCUT2D eigenvalue weighted by molar-refractivity contribution is 5.93. The second-order valence-electron chi connectivity index (χ2n) is 9.85. The number of carbonyl (C=O) groups is 2. The van der Waals surface area contributed by atoms with Gasteiger partial charge >= 0.3 is 0 Å². The molecular weight excluding hydrogens is 468 g/mol. The van der Waals surface area contributed by atoms with E-state index in [9.17, 15) is 9.59 Å². The highest BCUT2D eigenvalue weighted by Crippen LogP contribution is 2.25. The lowest BCUT2D eigenvalue weighted by atomic mass is 10.1. The summed E-state index contributed by atoms with van der Waals surface area (Å²) in [4.78, 5) is 32.3. The van der Waals surface area contributed by atoms with E-state index in [-0.39, 0.29) is 29.8 Å². The van der Waals surface area contributed by atoms with Gasteiger partial charge in [-0.15, -0.1) is 0 Å². The zero-order valence-electron chi connectivity index (χ0n) is 21.9. The molecule has 1 fully saturated rings. The fraction of sp³-hybridized carbons (Fsp3) is 0.414. The minimum absolute atomic E-state index is 0.0816. The molecule has 8 heteroatoms. The first-order valence-electron chi connectivity index (χ1n) is 12.9. The Morgan fingerprint density at radius 1 is 1.03 bits per heavy atom. The Morgan fingerprint density at radius 3 is 2.49 bits per heavy atom. The lowest BCUT2D eigenvalue weighted by Gasteiger charge is -2.35. The maximum atomic E-state index is 13.3. The van der Waals surface area contributed by atoms with Crippen LogP contribution in [0.15, 0.2) is 65.2 Å². The van der Waals surface area contributed by atoms with Gasteiger partial charge in [-0.25, -0.2) is 0 Å². The predicted octanol–water partition coefficient (Wildman–Crippen LogP) is 4.18. The van der Waals surface area contributed by atoms with Crippen molar-refractivity contribution < 1.29 is 18.8 Å². The number of nitrogens with zero attached hydrogens (tertiary/aromatic N) is 4. The molecule has 0 spiro atoms. The van der Waals surface area contributed by atoms with Crippen LogP contribution in [0.25, 0.3) is 11.3 Å². The van der Waals surface area contributed by atoms with Crippen LogP contribution >= 0.6 is 0 Å². The van der Waals surface area contributed by atoms with Crippen molar-refractivity contribution in [2.75, 3.05) is 46.4 Å². The normalized spacial score (nSPS) is 14.1. The van der Waals surface area contributed by atoms with Crippen molar-refractivity contribution in [3.8, 4) is 17.1 Å². The molecular formula is C29H36N4O4. The Kier molecular flexibility index (Phi) is 8.95. The van der Waals surface area contributed by atoms with Gasteiger partial charge in [0.15, 0.2) is 11.5 Å². The van der Waals surface area contributed by atoms with Crippen LogP contribution in [0.5, 0.6) is 5.75 Å². The molecule has 1 aliphatic heterocycles. The summed E-state index contributed by atoms with van der Waals surface area (Å²) in [6, 6.07) is 19.5. The minimum Gasteiger partial charge on any atom is -0.497 e. The quantitative estimate of drug-likeness (QED) is 0.412. The molecule has 0 radical (unpaired) electrons. The van der Waals surface area contributed by atoms with Crippen LogP contribution in [0.3, 0.4) is 0 Å². The van der Waals surface area contributed by atoms with Crippen LogP contribution in [-0.2, 0) is 11.3 Å². The summed E-state index contributed by atoms with van der Waals surface area (Å²) in [5, 5.41) is 4.03. The highest BCUT2D eigenvalue weighted by atomic mass is 16.5. The van der Waals surface area contributed by atoms with Crippen LogP contribution in [0.2, 0.25) is 0 Å². The van der Waals surface area contributed by atoms with E-state index in [1.165, 1.54) is 5.56 Å². The molecule has 0 saturated carbocycles. The van der Waals surface area contributed by atoms with Crippen molar-refractivity contribution in [1.82, 2.24) is 19.9 Å². The topological polar surface area (TPSA) is 79.1 Å². The van der Waals surface area contributed by atoms with Crippen LogP contribution < -0.4 is 4.74 Å². The van der Waals surface area contributed by atoms with Gasteiger partial charge in [0.2, 0.25) is 5.91 Å². The first kappa shape index (κ1) is 26.4. The molecule has 37 heavy (non-hydrogen) atoms. The Morgan fingerprint density at radius 2 is 1.78 bits per heavy atom. The SMILES string of the molecule is COc1cccc(-c2cc(C(=O)N(CCC(=O)N3CCN(Cc4ccccc4)CC3)CC(C)C)no2)c1. The number of aromatic nitrogens is 1. The number of benzene rings is 2. The molecule has 0 unspecified atom stereocenters. The maximum Gasteiger partial charge on any atom is 0.276 e. The van der Waals surface area contributed by atoms with Gasteiger partial charge in [0.1, 0.15) is 5.75 Å². The maximum absolute atomic E-state index is 13.3. The largest absolute Gasteiger partial charge is 0.497 e. The smallest absolute Gasteiger partial charge is 0.276 e. The van der Waals surface area contributed by atoms with Crippen LogP contribution in [0.4, 0.5) is 0 Å². The first-order chi connectivity index (χ1) is 17.9. The number of ether oxygens (including phenoxy) is 1. The van der Waals surface area contributed by atoms with Gasteiger partial charge in [0.05, 0.1) is 7.11 Å². The molecule has 1 aromatic heterocycles. The summed E-state index contributed by atoms with van der Waals surface area (Å²) in [5.41, 5.74) is 2.30. The minimum atomic E-state index is -0.230. The van der Waals surface area contributed by atoms with E-state index in [4.69, 9.17) is 9.26 Å². The summed E-state index contributed by atoms with van der Waals surface area (Å²) in [6.07, 6.45) is 0.289. The third-order valence-electron chi connectivity index (χ3n) is 6.53. The molecule has 1 saturated heterocycles. The Labute approximate surface area is 218 Å². The fourth-order valence-electron chi connectivity index (χ4n) is 4.55. The average molecular weight is 505 g/mol. The molecule has 8 nitrogen and oxygen atoms in total. The summed E-state index contributed by atoms with van der Waals surface area (Å²) in [5.74, 6) is 1.30. The number of methoxy groups -OCH3 is 1. The Bertz CT molecular complexity index is 1170. The molecule has 4 rings (SSSR count). The molecule has 0 atom stereocenters. The molecule has 0 N–H and O–H groups in total. The number of carbonyl (C=O) groups excluding carboxylic acids is 2. The first-order valence-corrected chi connectivity index (χ1v) is 12.9. The van der Waals surface area contributed by atoms with Crippen molar-refractivity contribution >= 4 is 11.8 Å². The van der Waals surface area contributed by atoms with E-state index in [1.54, 1.807) is 18.1 Å². The molecule has 1 aliphatic rings. The monoisotopic (exact) mass is 504 g/mol. The van der Waals surface area contributed by atoms with Crippen molar-refractivity contribution in [3.63, 3.8) is 0 Å². The van der Waals surface area contributed by atoms with E-state index in [0.717, 1.165) is 25.2 Å². The van der Waals surface area contributed by atoms with E-state index in [0.29, 0.717) is 37.7 Å². The average Bonchev–Trinajstić information content (AvgIpc) is 3.42. The van der Waals surface area contributed by atoms with Crippen molar-refractivity contribution in [2.24, 2.45) is 5.92 Å². The van der Waals surface area contributed by atoms with E-state index >= 15 is 0 Å². The lowest BCUT2D eigenvalue weighted by Crippen LogP contribution is -2.49. The van der Waals surface area contributed by atoms with Crippen molar-refractivity contribution in [1.29, 1.82) is 0 Å². The zero-order chi connectivity index (χ0) is 26.2. The summed E-state index contributed by atoms with van der Waals surface area (Å²) >= 11 is 0. The van der Waals surface area contributed by atoms with Gasteiger partial charge in [-0.3, -0.25) is 14.5 Å². The van der Waals surface area contributed by atoms with Crippen LogP contribution in [0, 0.1) is 5.92 Å². The molecule has 2 amide bonds. The Hall–Kier alpha value is -3.65. The van der Waals surface area contributed by atoms with Gasteiger partial charge in [-0.05, 0) is 23.6 Å². The van der Waals surface area contributed by atoms with Gasteiger partial charge < -0.3 is 19.1 Å². The second-order valence-corrected chi connectivity index (χ2v) is 9.85. The number of hydrogen-bond acceptors (Lipinski definition) is 6. The summed E-state index contributed by atoms with van der Waals surface area (Å²) in [6.45, 7) is 9.00. The van der Waals surface area contributed by atoms with Crippen LogP contribution in [-0.4, -0.2) is 78.0 Å². The van der Waals surface area contributed by atoms with Crippen LogP contribution in [0.1, 0.15) is 36.3 Å². The lowest BCUT2D eigenvalue weighted by molar-refractivity contribution is -0.133. The summed E-state index contributed by atoms with van der Waals surface area (Å²) < 4.78 is 10.7. The molecule has 0 aliphatic carbocycles. The fourth-order valence-corrected chi connectivity index (χ4v) is 4.55. The third kappa shape index (κ3) is 7.20. The molecule has 196 valence electrons. The number of piperazine rings is 1. The molecule has 3 aromatic rings. The van der Waals surface area contributed by atoms with E-state index in [1.807, 2.05) is 35.2 Å². The van der Waals surface area contributed by atoms with Crippen molar-refractivity contribution in [2.45, 2.75) is 26.8 Å². The molecule has 2 heterocycles. The standard InChI is InChI=1S/C29H36N4O4/c1-22(2)20-33(29(35)26-19-27(37-30-26)24-10-7-11-25(18-24)36-3)13-12-28(34)32-16-14-31(15-17-32)21-23-8-5-4-6-9-23/h4-11,18-19,22H,12-17,20-21H2,1-3H3. The second kappa shape index (κ2) is 12.5. The molecule has 2 aromatic carbocycles. The molecule has 0 bridgehead atoms. The summed E-state index contributed by atoms with van der Waals surface area (Å²) in [7, 11) is 1.60. The predicted molar refractivity (Wildman–Crippen MR) is 142 cm³/mol. The van der Waals surface area contributed by atoms with E-state index in [2.05, 4.69) is 48.2 Å². The number of amides is 2.